The molecular weight excluding hydrogens is 516 g/mol. The average molecular weight is 581 g/mol. The van der Waals surface area contributed by atoms with Crippen molar-refractivity contribution in [2.75, 3.05) is 6.54 Å². The number of unbranched alkanes of at least 4 members (excludes halogenated alkanes) is 16. The molecule has 0 spiro atoms. The first-order chi connectivity index (χ1) is 19.9. The Morgan fingerprint density at radius 2 is 1.24 bits per heavy atom. The van der Waals surface area contributed by atoms with Crippen LogP contribution in [0.3, 0.4) is 0 Å². The van der Waals surface area contributed by atoms with Crippen molar-refractivity contribution in [3.8, 4) is 0 Å². The van der Waals surface area contributed by atoms with Gasteiger partial charge in [0, 0.05) is 12.8 Å². The van der Waals surface area contributed by atoms with Gasteiger partial charge < -0.3 is 20.9 Å². The van der Waals surface area contributed by atoms with Gasteiger partial charge >= 0.3 is 11.9 Å². The Labute approximate surface area is 251 Å². The van der Waals surface area contributed by atoms with Gasteiger partial charge in [-0.05, 0) is 64.0 Å². The Morgan fingerprint density at radius 1 is 0.707 bits per heavy atom. The van der Waals surface area contributed by atoms with Gasteiger partial charge in [0.2, 0.25) is 5.91 Å². The maximum Gasteiger partial charge on any atom is 0.326 e. The van der Waals surface area contributed by atoms with Crippen LogP contribution < -0.4 is 11.1 Å². The van der Waals surface area contributed by atoms with Gasteiger partial charge in [-0.25, -0.2) is 4.79 Å². The lowest BCUT2D eigenvalue weighted by molar-refractivity contribution is -0.147. The van der Waals surface area contributed by atoms with Crippen LogP contribution in [0.25, 0.3) is 0 Å². The Balaban J connectivity index is 4.21. The van der Waals surface area contributed by atoms with E-state index in [1.165, 1.54) is 70.6 Å². The molecule has 41 heavy (non-hydrogen) atoms. The molecule has 0 aromatic carbocycles. The van der Waals surface area contributed by atoms with Crippen molar-refractivity contribution in [2.24, 2.45) is 5.73 Å². The minimum absolute atomic E-state index is 0.0941. The molecule has 0 saturated carbocycles. The summed E-state index contributed by atoms with van der Waals surface area (Å²) < 4.78 is 5.84. The van der Waals surface area contributed by atoms with E-state index in [9.17, 15) is 19.5 Å². The van der Waals surface area contributed by atoms with E-state index in [1.54, 1.807) is 0 Å². The fourth-order valence-corrected chi connectivity index (χ4v) is 4.95. The molecule has 1 amide bonds. The predicted octanol–water partition coefficient (Wildman–Crippen LogP) is 8.38. The molecule has 2 unspecified atom stereocenters. The van der Waals surface area contributed by atoms with Crippen LogP contribution in [0.4, 0.5) is 0 Å². The quantitative estimate of drug-likeness (QED) is 0.0446. The first-order valence-electron chi connectivity index (χ1n) is 17.0. The summed E-state index contributed by atoms with van der Waals surface area (Å²) in [5.41, 5.74) is 5.45. The van der Waals surface area contributed by atoms with Crippen molar-refractivity contribution in [1.29, 1.82) is 0 Å². The first-order valence-corrected chi connectivity index (χ1v) is 17.0. The third-order valence-corrected chi connectivity index (χ3v) is 7.57. The van der Waals surface area contributed by atoms with Crippen molar-refractivity contribution in [2.45, 2.75) is 180 Å². The number of carbonyl (C=O) groups excluding carboxylic acids is 2. The van der Waals surface area contributed by atoms with Gasteiger partial charge in [-0.2, -0.15) is 0 Å². The number of esters is 1. The van der Waals surface area contributed by atoms with E-state index in [2.05, 4.69) is 31.3 Å². The van der Waals surface area contributed by atoms with Gasteiger partial charge in [0.15, 0.2) is 0 Å². The number of carboxylic acid groups (broad SMARTS) is 1. The molecule has 0 fully saturated rings. The maximum atomic E-state index is 12.5. The van der Waals surface area contributed by atoms with Crippen molar-refractivity contribution in [3.05, 3.63) is 12.2 Å². The number of carboxylic acids is 1. The number of hydrogen-bond acceptors (Lipinski definition) is 5. The van der Waals surface area contributed by atoms with Crippen LogP contribution in [-0.4, -0.2) is 41.6 Å². The number of nitrogens with two attached hydrogens (primary N) is 1. The average Bonchev–Trinajstić information content (AvgIpc) is 2.95. The molecule has 0 radical (unpaired) electrons. The molecule has 0 aliphatic heterocycles. The Bertz CT molecular complexity index is 668. The zero-order chi connectivity index (χ0) is 30.4. The van der Waals surface area contributed by atoms with Crippen molar-refractivity contribution in [3.63, 3.8) is 0 Å². The summed E-state index contributed by atoms with van der Waals surface area (Å²) >= 11 is 0. The molecule has 0 aromatic rings. The van der Waals surface area contributed by atoms with E-state index in [-0.39, 0.29) is 18.0 Å². The van der Waals surface area contributed by atoms with Crippen LogP contribution in [0.5, 0.6) is 0 Å². The third kappa shape index (κ3) is 26.7. The lowest BCUT2D eigenvalue weighted by atomic mass is 10.1. The summed E-state index contributed by atoms with van der Waals surface area (Å²) in [4.78, 5) is 35.9. The normalized spacial score (nSPS) is 12.9. The molecule has 7 heteroatoms. The number of allylic oxidation sites excluding steroid dienone is 1. The largest absolute Gasteiger partial charge is 0.480 e. The van der Waals surface area contributed by atoms with E-state index >= 15 is 0 Å². The number of rotatable bonds is 30. The molecule has 0 heterocycles. The van der Waals surface area contributed by atoms with E-state index < -0.39 is 12.0 Å². The second-order valence-electron chi connectivity index (χ2n) is 11.6. The zero-order valence-electron chi connectivity index (χ0n) is 26.6. The highest BCUT2D eigenvalue weighted by atomic mass is 16.5. The fourth-order valence-electron chi connectivity index (χ4n) is 4.95. The highest BCUT2D eigenvalue weighted by Crippen LogP contribution is 2.15. The van der Waals surface area contributed by atoms with Crippen molar-refractivity contribution in [1.82, 2.24) is 5.32 Å². The molecular formula is C34H64N2O5. The third-order valence-electron chi connectivity index (χ3n) is 7.57. The van der Waals surface area contributed by atoms with E-state index in [0.717, 1.165) is 51.4 Å². The number of nitrogens with one attached hydrogen (secondary N) is 1. The Morgan fingerprint density at radius 3 is 1.83 bits per heavy atom. The van der Waals surface area contributed by atoms with Crippen LogP contribution in [0.1, 0.15) is 168 Å². The second kappa shape index (κ2) is 29.6. The number of hydrogen-bond donors (Lipinski definition) is 3. The molecule has 0 bridgehead atoms. The van der Waals surface area contributed by atoms with Crippen molar-refractivity contribution >= 4 is 17.8 Å². The van der Waals surface area contributed by atoms with Crippen LogP contribution in [0, 0.1) is 0 Å². The number of amides is 1. The van der Waals surface area contributed by atoms with Crippen LogP contribution in [0.2, 0.25) is 0 Å². The number of aliphatic carboxylic acids is 1. The Kier molecular flexibility index (Phi) is 28.2. The van der Waals surface area contributed by atoms with Crippen LogP contribution >= 0.6 is 0 Å². The highest BCUT2D eigenvalue weighted by Gasteiger charge is 2.18. The molecule has 0 aliphatic rings. The van der Waals surface area contributed by atoms with Gasteiger partial charge in [-0.15, -0.1) is 0 Å². The molecule has 240 valence electrons. The van der Waals surface area contributed by atoms with Crippen LogP contribution in [0.15, 0.2) is 12.2 Å². The molecule has 0 aromatic heterocycles. The van der Waals surface area contributed by atoms with Gasteiger partial charge in [-0.3, -0.25) is 9.59 Å². The highest BCUT2D eigenvalue weighted by molar-refractivity contribution is 5.83. The second-order valence-corrected chi connectivity index (χ2v) is 11.6. The van der Waals surface area contributed by atoms with Gasteiger partial charge in [-0.1, -0.05) is 110 Å². The minimum Gasteiger partial charge on any atom is -0.480 e. The summed E-state index contributed by atoms with van der Waals surface area (Å²) in [6, 6.07) is -0.865. The van der Waals surface area contributed by atoms with Crippen molar-refractivity contribution < 1.29 is 24.2 Å². The fraction of sp³-hybridized carbons (Fsp3) is 0.853. The maximum absolute atomic E-state index is 12.5. The smallest absolute Gasteiger partial charge is 0.326 e. The van der Waals surface area contributed by atoms with Gasteiger partial charge in [0.1, 0.15) is 12.1 Å². The lowest BCUT2D eigenvalue weighted by Crippen LogP contribution is -2.40. The first kappa shape index (κ1) is 39.1. The van der Waals surface area contributed by atoms with Gasteiger partial charge in [0.05, 0.1) is 0 Å². The number of carbonyl (C=O) groups is 3. The monoisotopic (exact) mass is 580 g/mol. The summed E-state index contributed by atoms with van der Waals surface area (Å²) in [6.07, 6.45) is 28.5. The predicted molar refractivity (Wildman–Crippen MR) is 170 cm³/mol. The lowest BCUT2D eigenvalue weighted by Gasteiger charge is -2.15. The molecule has 4 N–H and O–H groups in total. The van der Waals surface area contributed by atoms with E-state index in [0.29, 0.717) is 38.6 Å². The molecule has 0 aliphatic carbocycles. The zero-order valence-corrected chi connectivity index (χ0v) is 26.6. The standard InChI is InChI=1S/C34H64N2O5/c1-3-5-7-9-10-11-12-13-14-16-22-28-33(38)41-30(24-19-15-8-6-4-2)25-20-17-18-21-27-32(37)36-31(34(39)40)26-23-29-35/h19,24,30-31H,3-18,20-23,25-29,35H2,1-2H3,(H,36,37)(H,39,40)/b24-19-. The summed E-state index contributed by atoms with van der Waals surface area (Å²) in [5.74, 6) is -1.33. The topological polar surface area (TPSA) is 119 Å². The summed E-state index contributed by atoms with van der Waals surface area (Å²) in [5, 5.41) is 11.8. The minimum atomic E-state index is -1.02. The molecule has 0 rings (SSSR count). The molecule has 2 atom stereocenters. The molecule has 7 nitrogen and oxygen atoms in total. The van der Waals surface area contributed by atoms with E-state index in [4.69, 9.17) is 10.5 Å². The Hall–Kier alpha value is -1.89. The SMILES string of the molecule is CCCCC/C=C\C(CCCCCCC(=O)NC(CCCN)C(=O)O)OC(=O)CCCCCCCCCCCCC. The van der Waals surface area contributed by atoms with E-state index in [1.807, 2.05) is 0 Å². The summed E-state index contributed by atoms with van der Waals surface area (Å²) in [7, 11) is 0. The molecule has 0 saturated heterocycles. The van der Waals surface area contributed by atoms with Gasteiger partial charge in [0.25, 0.3) is 0 Å². The number of ether oxygens (including phenoxy) is 1. The van der Waals surface area contributed by atoms with Crippen LogP contribution in [-0.2, 0) is 19.1 Å². The summed E-state index contributed by atoms with van der Waals surface area (Å²) in [6.45, 7) is 4.85.